The van der Waals surface area contributed by atoms with Crippen molar-refractivity contribution < 1.29 is 37.9 Å². The zero-order valence-corrected chi connectivity index (χ0v) is 27.6. The number of benzene rings is 2. The molecular formula is C34H41NO8Si. The van der Waals surface area contributed by atoms with Gasteiger partial charge in [0, 0.05) is 5.92 Å². The molecule has 0 spiro atoms. The van der Waals surface area contributed by atoms with Crippen molar-refractivity contribution in [3.63, 3.8) is 0 Å². The Balaban J connectivity index is 1.93. The molecule has 0 unspecified atom stereocenters. The fourth-order valence-electron chi connectivity index (χ4n) is 7.16. The van der Waals surface area contributed by atoms with Gasteiger partial charge in [-0.15, -0.1) is 0 Å². The minimum atomic E-state index is -2.72. The van der Waals surface area contributed by atoms with Crippen LogP contribution in [0.3, 0.4) is 0 Å². The number of fused-ring (bicyclic) bond motifs is 1. The van der Waals surface area contributed by atoms with Crippen LogP contribution in [0, 0.1) is 11.8 Å². The number of esters is 2. The highest BCUT2D eigenvalue weighted by Gasteiger charge is 2.80. The molecular weight excluding hydrogens is 578 g/mol. The first kappa shape index (κ1) is 32.9. The van der Waals surface area contributed by atoms with E-state index in [-0.39, 0.29) is 39.9 Å². The maximum atomic E-state index is 14.3. The van der Waals surface area contributed by atoms with Crippen molar-refractivity contribution in [3.05, 3.63) is 77.4 Å². The van der Waals surface area contributed by atoms with Gasteiger partial charge in [-0.3, -0.25) is 19.3 Å². The minimum Gasteiger partial charge on any atom is -0.515 e. The molecule has 4 rings (SSSR count). The SMILES string of the molecule is CCOC(=O)[C@H]1[C@H](/C=C(\C(=O)O[Si](C(C)C)(C(C)C)C(C)C)c2ccccc2)[C@@]1(C(=O)OC)N1C(=O)c2ccccc2C1=O. The summed E-state index contributed by atoms with van der Waals surface area (Å²) in [5.74, 6) is -6.20. The van der Waals surface area contributed by atoms with Crippen molar-refractivity contribution in [2.75, 3.05) is 13.7 Å². The quantitative estimate of drug-likeness (QED) is 0.134. The third-order valence-electron chi connectivity index (χ3n) is 9.08. The van der Waals surface area contributed by atoms with Crippen LogP contribution in [0.1, 0.15) is 74.7 Å². The summed E-state index contributed by atoms with van der Waals surface area (Å²) in [5, 5.41) is 0. The lowest BCUT2D eigenvalue weighted by Crippen LogP contribution is -2.51. The predicted molar refractivity (Wildman–Crippen MR) is 167 cm³/mol. The Morgan fingerprint density at radius 2 is 1.36 bits per heavy atom. The Labute approximate surface area is 259 Å². The monoisotopic (exact) mass is 619 g/mol. The number of imide groups is 1. The van der Waals surface area contributed by atoms with E-state index in [0.717, 1.165) is 12.0 Å². The van der Waals surface area contributed by atoms with Gasteiger partial charge < -0.3 is 13.9 Å². The number of carbonyl (C=O) groups excluding carboxylic acids is 5. The second-order valence-corrected chi connectivity index (χ2v) is 17.6. The molecule has 2 aliphatic rings. The van der Waals surface area contributed by atoms with E-state index in [4.69, 9.17) is 13.9 Å². The van der Waals surface area contributed by atoms with Gasteiger partial charge in [-0.2, -0.15) is 0 Å². The van der Waals surface area contributed by atoms with Crippen LogP contribution in [0.25, 0.3) is 5.57 Å². The molecule has 1 aliphatic heterocycles. The molecule has 2 amide bonds. The molecule has 1 aliphatic carbocycles. The summed E-state index contributed by atoms with van der Waals surface area (Å²) in [4.78, 5) is 69.7. The van der Waals surface area contributed by atoms with E-state index in [0.29, 0.717) is 5.56 Å². The lowest BCUT2D eigenvalue weighted by atomic mass is 10.0. The van der Waals surface area contributed by atoms with Crippen LogP contribution in [0.5, 0.6) is 0 Å². The first-order chi connectivity index (χ1) is 20.8. The van der Waals surface area contributed by atoms with Crippen LogP contribution in [-0.2, 0) is 28.3 Å². The summed E-state index contributed by atoms with van der Waals surface area (Å²) in [5.41, 5.74) is -0.891. The molecule has 0 saturated heterocycles. The maximum Gasteiger partial charge on any atom is 0.333 e. The van der Waals surface area contributed by atoms with E-state index >= 15 is 0 Å². The Morgan fingerprint density at radius 3 is 1.82 bits per heavy atom. The van der Waals surface area contributed by atoms with Crippen molar-refractivity contribution in [3.8, 4) is 0 Å². The fourth-order valence-corrected chi connectivity index (χ4v) is 12.3. The van der Waals surface area contributed by atoms with Crippen LogP contribution in [0.2, 0.25) is 16.6 Å². The third kappa shape index (κ3) is 5.08. The summed E-state index contributed by atoms with van der Waals surface area (Å²) in [6, 6.07) is 15.0. The number of amides is 2. The van der Waals surface area contributed by atoms with Crippen molar-refractivity contribution in [2.24, 2.45) is 11.8 Å². The Morgan fingerprint density at radius 1 is 0.864 bits per heavy atom. The molecule has 0 radical (unpaired) electrons. The molecule has 2 aromatic rings. The summed E-state index contributed by atoms with van der Waals surface area (Å²) in [6.07, 6.45) is 1.49. The molecule has 1 heterocycles. The number of carbonyl (C=O) groups is 5. The van der Waals surface area contributed by atoms with Gasteiger partial charge in [0.2, 0.25) is 0 Å². The summed E-state index contributed by atoms with van der Waals surface area (Å²) < 4.78 is 17.0. The van der Waals surface area contributed by atoms with Crippen LogP contribution in [0.15, 0.2) is 60.7 Å². The number of ether oxygens (including phenoxy) is 2. The summed E-state index contributed by atoms with van der Waals surface area (Å²) in [7, 11) is -1.59. The molecule has 0 bridgehead atoms. The van der Waals surface area contributed by atoms with Crippen molar-refractivity contribution >= 4 is 43.6 Å². The Bertz CT molecular complexity index is 1440. The topological polar surface area (TPSA) is 116 Å². The van der Waals surface area contributed by atoms with Gasteiger partial charge in [-0.1, -0.05) is 90.1 Å². The largest absolute Gasteiger partial charge is 0.515 e. The fraction of sp³-hybridized carbons (Fsp3) is 0.441. The van der Waals surface area contributed by atoms with Gasteiger partial charge in [0.05, 0.1) is 30.4 Å². The van der Waals surface area contributed by atoms with Gasteiger partial charge in [-0.05, 0) is 41.2 Å². The Hall–Kier alpha value is -4.05. The van der Waals surface area contributed by atoms with Gasteiger partial charge in [0.15, 0.2) is 5.54 Å². The lowest BCUT2D eigenvalue weighted by Gasteiger charge is -2.41. The highest BCUT2D eigenvalue weighted by atomic mass is 28.4. The first-order valence-corrected chi connectivity index (χ1v) is 17.2. The number of hydrogen-bond donors (Lipinski definition) is 0. The molecule has 3 atom stereocenters. The highest BCUT2D eigenvalue weighted by molar-refractivity contribution is 6.79. The van der Waals surface area contributed by atoms with E-state index < -0.39 is 55.4 Å². The minimum absolute atomic E-state index is 0.00398. The molecule has 10 heteroatoms. The number of nitrogens with zero attached hydrogens (tertiary/aromatic N) is 1. The van der Waals surface area contributed by atoms with Crippen molar-refractivity contribution in [2.45, 2.75) is 70.6 Å². The predicted octanol–water partition coefficient (Wildman–Crippen LogP) is 5.81. The number of rotatable bonds is 11. The van der Waals surface area contributed by atoms with Gasteiger partial charge in [0.1, 0.15) is 5.92 Å². The van der Waals surface area contributed by atoms with Crippen LogP contribution in [-0.4, -0.2) is 62.2 Å². The average molecular weight is 620 g/mol. The Kier molecular flexibility index (Phi) is 9.34. The van der Waals surface area contributed by atoms with Crippen LogP contribution in [0.4, 0.5) is 0 Å². The smallest absolute Gasteiger partial charge is 0.333 e. The molecule has 1 saturated carbocycles. The second-order valence-electron chi connectivity index (χ2n) is 12.2. The van der Waals surface area contributed by atoms with E-state index in [1.54, 1.807) is 49.4 Å². The number of hydrogen-bond acceptors (Lipinski definition) is 8. The standard InChI is InChI=1S/C34H41NO8Si/c1-9-42-32(39)28-27(34(28,33(40)41-8)35-29(36)24-17-13-14-18-25(24)30(35)37)19-26(23-15-11-10-12-16-23)31(38)43-44(20(2)3,21(4)5)22(6)7/h10-22,27-28H,9H2,1-8H3/b26-19-/t27-,28+,34+/m0/s1. The normalized spacial score (nSPS) is 21.5. The van der Waals surface area contributed by atoms with Crippen molar-refractivity contribution in [1.29, 1.82) is 0 Å². The molecule has 44 heavy (non-hydrogen) atoms. The molecule has 0 N–H and O–H groups in total. The average Bonchev–Trinajstić information content (AvgIpc) is 3.58. The molecule has 9 nitrogen and oxygen atoms in total. The third-order valence-corrected chi connectivity index (χ3v) is 15.0. The number of methoxy groups -OCH3 is 1. The van der Waals surface area contributed by atoms with E-state index in [1.807, 2.05) is 0 Å². The van der Waals surface area contributed by atoms with E-state index in [2.05, 4.69) is 41.5 Å². The summed E-state index contributed by atoms with van der Waals surface area (Å²) in [6.45, 7) is 14.0. The maximum absolute atomic E-state index is 14.3. The summed E-state index contributed by atoms with van der Waals surface area (Å²) >= 11 is 0. The zero-order chi connectivity index (χ0) is 32.6. The second kappa shape index (κ2) is 12.5. The molecule has 234 valence electrons. The molecule has 2 aromatic carbocycles. The van der Waals surface area contributed by atoms with Crippen molar-refractivity contribution in [1.82, 2.24) is 4.90 Å². The lowest BCUT2D eigenvalue weighted by molar-refractivity contribution is -0.153. The van der Waals surface area contributed by atoms with Gasteiger partial charge >= 0.3 is 17.9 Å². The van der Waals surface area contributed by atoms with Crippen LogP contribution >= 0.6 is 0 Å². The zero-order valence-electron chi connectivity index (χ0n) is 26.6. The highest BCUT2D eigenvalue weighted by Crippen LogP contribution is 2.60. The first-order valence-electron chi connectivity index (χ1n) is 15.1. The van der Waals surface area contributed by atoms with E-state index in [1.165, 1.54) is 18.2 Å². The van der Waals surface area contributed by atoms with Gasteiger partial charge in [-0.25, -0.2) is 9.59 Å². The van der Waals surface area contributed by atoms with Crippen LogP contribution < -0.4 is 0 Å². The molecule has 0 aromatic heterocycles. The van der Waals surface area contributed by atoms with Gasteiger partial charge in [0.25, 0.3) is 20.1 Å². The molecule has 1 fully saturated rings. The van der Waals surface area contributed by atoms with E-state index in [9.17, 15) is 24.0 Å².